The van der Waals surface area contributed by atoms with Gasteiger partial charge in [-0.3, -0.25) is 9.59 Å². The van der Waals surface area contributed by atoms with Crippen molar-refractivity contribution in [1.29, 1.82) is 0 Å². The van der Waals surface area contributed by atoms with Gasteiger partial charge in [-0.2, -0.15) is 0 Å². The molecule has 8 heteroatoms. The summed E-state index contributed by atoms with van der Waals surface area (Å²) in [5, 5.41) is 11.4. The van der Waals surface area contributed by atoms with E-state index in [4.69, 9.17) is 14.2 Å². The Balaban J connectivity index is 0.000000347. The van der Waals surface area contributed by atoms with Crippen LogP contribution < -0.4 is 0 Å². The van der Waals surface area contributed by atoms with Crippen molar-refractivity contribution in [2.45, 2.75) is 117 Å². The summed E-state index contributed by atoms with van der Waals surface area (Å²) < 4.78 is 17.5. The van der Waals surface area contributed by atoms with Gasteiger partial charge in [-0.15, -0.1) is 0 Å². The molecular weight excluding hydrogens is 630 g/mol. The van der Waals surface area contributed by atoms with E-state index in [0.29, 0.717) is 36.2 Å². The summed E-state index contributed by atoms with van der Waals surface area (Å²) in [7, 11) is 4.37. The smallest absolute Gasteiger partial charge is 0.347 e. The summed E-state index contributed by atoms with van der Waals surface area (Å²) in [5.74, 6) is -0.765. The van der Waals surface area contributed by atoms with Crippen molar-refractivity contribution < 1.29 is 38.2 Å². The van der Waals surface area contributed by atoms with Crippen molar-refractivity contribution in [1.82, 2.24) is 0 Å². The minimum Gasteiger partial charge on any atom is -0.465 e. The van der Waals surface area contributed by atoms with Crippen LogP contribution in [0.15, 0.2) is 60.7 Å². The second kappa shape index (κ2) is 22.6. The van der Waals surface area contributed by atoms with Crippen LogP contribution in [0, 0.1) is 17.8 Å². The lowest BCUT2D eigenvalue weighted by molar-refractivity contribution is -0.896. The van der Waals surface area contributed by atoms with Crippen LogP contribution in [0.1, 0.15) is 116 Å². The third-order valence-corrected chi connectivity index (χ3v) is 9.97. The summed E-state index contributed by atoms with van der Waals surface area (Å²) >= 11 is 0. The third kappa shape index (κ3) is 14.6. The molecule has 3 unspecified atom stereocenters. The fourth-order valence-corrected chi connectivity index (χ4v) is 6.10. The van der Waals surface area contributed by atoms with Crippen LogP contribution in [0.4, 0.5) is 0 Å². The number of quaternary nitrogens is 1. The molecule has 0 aromatic heterocycles. The number of carbonyl (C=O) groups excluding carboxylic acids is 3. The van der Waals surface area contributed by atoms with Crippen LogP contribution >= 0.6 is 0 Å². The first-order chi connectivity index (χ1) is 23.9. The Morgan fingerprint density at radius 1 is 0.780 bits per heavy atom. The van der Waals surface area contributed by atoms with Crippen LogP contribution in [0.3, 0.4) is 0 Å². The molecule has 1 fully saturated rings. The number of likely N-dealkylation sites (tertiary alicyclic amines) is 1. The summed E-state index contributed by atoms with van der Waals surface area (Å²) in [4.78, 5) is 37.1. The van der Waals surface area contributed by atoms with Crippen LogP contribution in [0.5, 0.6) is 0 Å². The molecule has 280 valence electrons. The van der Waals surface area contributed by atoms with Gasteiger partial charge in [-0.05, 0) is 35.8 Å². The zero-order chi connectivity index (χ0) is 37.0. The van der Waals surface area contributed by atoms with E-state index in [1.165, 1.54) is 0 Å². The number of ether oxygens (including phenoxy) is 3. The van der Waals surface area contributed by atoms with Crippen molar-refractivity contribution in [3.8, 4) is 0 Å². The number of unbranched alkanes of at least 4 members (excludes halogenated alkanes) is 2. The van der Waals surface area contributed by atoms with Gasteiger partial charge in [0.25, 0.3) is 0 Å². The van der Waals surface area contributed by atoms with Gasteiger partial charge in [0.15, 0.2) is 0 Å². The molecule has 1 heterocycles. The van der Waals surface area contributed by atoms with E-state index in [9.17, 15) is 19.5 Å². The third-order valence-electron chi connectivity index (χ3n) is 9.97. The maximum absolute atomic E-state index is 13.0. The Labute approximate surface area is 302 Å². The zero-order valence-corrected chi connectivity index (χ0v) is 32.0. The zero-order valence-electron chi connectivity index (χ0n) is 32.0. The van der Waals surface area contributed by atoms with Crippen molar-refractivity contribution in [2.24, 2.45) is 17.8 Å². The lowest BCUT2D eigenvalue weighted by Crippen LogP contribution is -2.49. The maximum atomic E-state index is 13.0. The largest absolute Gasteiger partial charge is 0.465 e. The lowest BCUT2D eigenvalue weighted by Gasteiger charge is -2.38. The highest BCUT2D eigenvalue weighted by molar-refractivity contribution is 5.85. The van der Waals surface area contributed by atoms with Gasteiger partial charge in [0, 0.05) is 12.8 Å². The number of carbonyl (C=O) groups is 3. The van der Waals surface area contributed by atoms with E-state index in [1.807, 2.05) is 36.4 Å². The van der Waals surface area contributed by atoms with Gasteiger partial charge < -0.3 is 23.8 Å². The van der Waals surface area contributed by atoms with E-state index in [2.05, 4.69) is 41.8 Å². The number of hydrogen-bond donors (Lipinski definition) is 1. The van der Waals surface area contributed by atoms with Crippen LogP contribution in [0.2, 0.25) is 0 Å². The first-order valence-corrected chi connectivity index (χ1v) is 19.1. The number of aliphatic hydroxyl groups is 1. The Morgan fingerprint density at radius 3 is 1.68 bits per heavy atom. The molecule has 3 rings (SSSR count). The molecule has 0 radical (unpaired) electrons. The number of esters is 3. The predicted octanol–water partition coefficient (Wildman–Crippen LogP) is 8.24. The van der Waals surface area contributed by atoms with E-state index < -0.39 is 17.5 Å². The number of hydrogen-bond acceptors (Lipinski definition) is 7. The molecular formula is C42H66NO7+. The number of nitrogens with zero attached hydrogens (tertiary/aromatic N) is 1. The summed E-state index contributed by atoms with van der Waals surface area (Å²) in [5.41, 5.74) is -0.735. The van der Waals surface area contributed by atoms with E-state index in [-0.39, 0.29) is 24.5 Å². The molecule has 0 amide bonds. The quantitative estimate of drug-likeness (QED) is 0.0898. The fraction of sp³-hybridized carbons (Fsp3) is 0.643. The molecule has 1 saturated heterocycles. The maximum Gasteiger partial charge on any atom is 0.347 e. The number of piperidine rings is 1. The molecule has 0 bridgehead atoms. The van der Waals surface area contributed by atoms with Crippen LogP contribution in [-0.2, 0) is 34.2 Å². The Hall–Kier alpha value is -3.23. The average molecular weight is 697 g/mol. The molecule has 0 spiro atoms. The molecule has 50 heavy (non-hydrogen) atoms. The van der Waals surface area contributed by atoms with Gasteiger partial charge in [0.2, 0.25) is 5.60 Å². The topological polar surface area (TPSA) is 99.1 Å². The van der Waals surface area contributed by atoms with E-state index >= 15 is 0 Å². The predicted molar refractivity (Wildman–Crippen MR) is 199 cm³/mol. The molecule has 2 aromatic carbocycles. The highest BCUT2D eigenvalue weighted by Gasteiger charge is 2.43. The summed E-state index contributed by atoms with van der Waals surface area (Å²) in [6.45, 7) is 13.2. The first-order valence-electron chi connectivity index (χ1n) is 19.1. The first kappa shape index (κ1) is 42.9. The van der Waals surface area contributed by atoms with Crippen molar-refractivity contribution in [3.05, 3.63) is 71.8 Å². The van der Waals surface area contributed by atoms with Gasteiger partial charge in [0.1, 0.15) is 6.10 Å². The van der Waals surface area contributed by atoms with Crippen molar-refractivity contribution in [3.63, 3.8) is 0 Å². The second-order valence-electron chi connectivity index (χ2n) is 14.7. The Morgan fingerprint density at radius 2 is 1.24 bits per heavy atom. The van der Waals surface area contributed by atoms with E-state index in [1.54, 1.807) is 31.2 Å². The Bertz CT molecular complexity index is 1200. The number of rotatable bonds is 19. The second-order valence-corrected chi connectivity index (χ2v) is 14.7. The molecule has 0 aliphatic carbocycles. The summed E-state index contributed by atoms with van der Waals surface area (Å²) in [6.07, 6.45) is 10.4. The standard InChI is InChI=1S/C21H26NO3.C21H40O4/c1-22(2)15-13-19(14-16-22)25-20(23)21(24,17-9-5-3-6-10-17)18-11-7-4-8-12-18;1-6-10-12-18(8-3)15-24-20(22)14-17(5)21(23)25-16-19(9-4)13-11-7-2/h3-12,19,24H,13-16H2,1-2H3;17-19H,6-16H2,1-5H3/q+1;. The van der Waals surface area contributed by atoms with Crippen LogP contribution in [-0.4, -0.2) is 74.0 Å². The SMILES string of the molecule is CCCCC(CC)COC(=O)CC(C)C(=O)OCC(CC)CCCC.C[N+]1(C)CCC(OC(=O)C(O)(c2ccccc2)c2ccccc2)CC1. The summed E-state index contributed by atoms with van der Waals surface area (Å²) in [6, 6.07) is 18.0. The van der Waals surface area contributed by atoms with Crippen molar-refractivity contribution >= 4 is 17.9 Å². The monoisotopic (exact) mass is 696 g/mol. The fourth-order valence-electron chi connectivity index (χ4n) is 6.10. The van der Waals surface area contributed by atoms with Gasteiger partial charge in [-0.25, -0.2) is 4.79 Å². The lowest BCUT2D eigenvalue weighted by atomic mass is 9.86. The van der Waals surface area contributed by atoms with Crippen molar-refractivity contribution in [2.75, 3.05) is 40.4 Å². The molecule has 0 saturated carbocycles. The van der Waals surface area contributed by atoms with Gasteiger partial charge in [-0.1, -0.05) is 134 Å². The highest BCUT2D eigenvalue weighted by atomic mass is 16.6. The molecule has 2 aromatic rings. The molecule has 1 aliphatic heterocycles. The highest BCUT2D eigenvalue weighted by Crippen LogP contribution is 2.32. The minimum absolute atomic E-state index is 0.106. The van der Waals surface area contributed by atoms with Gasteiger partial charge >= 0.3 is 17.9 Å². The Kier molecular flexibility index (Phi) is 19.4. The van der Waals surface area contributed by atoms with E-state index in [0.717, 1.165) is 81.8 Å². The minimum atomic E-state index is -1.79. The normalized spacial score (nSPS) is 16.2. The molecule has 3 atom stereocenters. The number of benzene rings is 2. The molecule has 1 aliphatic rings. The average Bonchev–Trinajstić information content (AvgIpc) is 3.13. The molecule has 1 N–H and O–H groups in total. The van der Waals surface area contributed by atoms with Crippen LogP contribution in [0.25, 0.3) is 0 Å². The van der Waals surface area contributed by atoms with Gasteiger partial charge in [0.05, 0.1) is 52.7 Å². The molecule has 8 nitrogen and oxygen atoms in total.